The lowest BCUT2D eigenvalue weighted by molar-refractivity contribution is 0.103. The van der Waals surface area contributed by atoms with Gasteiger partial charge in [0.15, 0.2) is 5.78 Å². The van der Waals surface area contributed by atoms with Crippen molar-refractivity contribution in [3.63, 3.8) is 0 Å². The molecule has 0 radical (unpaired) electrons. The Kier molecular flexibility index (Phi) is 2.38. The number of aromatic nitrogens is 1. The van der Waals surface area contributed by atoms with Crippen molar-refractivity contribution in [1.29, 1.82) is 0 Å². The van der Waals surface area contributed by atoms with Gasteiger partial charge < -0.3 is 10.1 Å². The first-order valence-corrected chi connectivity index (χ1v) is 5.71. The smallest absolute Gasteiger partial charge is 0.194 e. The number of rotatable bonds is 2. The molecule has 2 aromatic heterocycles. The maximum absolute atomic E-state index is 12.3. The number of anilines is 1. The summed E-state index contributed by atoms with van der Waals surface area (Å²) in [4.78, 5) is 12.3. The Morgan fingerprint density at radius 3 is 2.44 bits per heavy atom. The number of nitrogens with zero attached hydrogens (tertiary/aromatic N) is 1. The number of pyridine rings is 1. The van der Waals surface area contributed by atoms with Crippen LogP contribution < -0.4 is 5.73 Å². The fourth-order valence-corrected chi connectivity index (χ4v) is 1.97. The van der Waals surface area contributed by atoms with E-state index in [-0.39, 0.29) is 5.78 Å². The molecule has 3 nitrogen and oxygen atoms in total. The maximum atomic E-state index is 12.3. The molecule has 1 aromatic carbocycles. The van der Waals surface area contributed by atoms with E-state index in [4.69, 9.17) is 5.73 Å². The van der Waals surface area contributed by atoms with Crippen LogP contribution in [0.1, 0.15) is 15.9 Å². The van der Waals surface area contributed by atoms with Gasteiger partial charge in [0, 0.05) is 34.7 Å². The topological polar surface area (TPSA) is 47.5 Å². The molecule has 2 N–H and O–H groups in total. The molecule has 0 saturated carbocycles. The lowest BCUT2D eigenvalue weighted by atomic mass is 10.0. The minimum Gasteiger partial charge on any atom is -0.399 e. The lowest BCUT2D eigenvalue weighted by Gasteiger charge is -2.03. The van der Waals surface area contributed by atoms with Gasteiger partial charge in [-0.3, -0.25) is 4.79 Å². The van der Waals surface area contributed by atoms with Crippen molar-refractivity contribution >= 4 is 17.0 Å². The molecular formula is C15H12N2O. The molecule has 0 aliphatic heterocycles. The third-order valence-corrected chi connectivity index (χ3v) is 2.96. The number of hydrogen-bond acceptors (Lipinski definition) is 2. The molecule has 88 valence electrons. The highest BCUT2D eigenvalue weighted by Crippen LogP contribution is 2.13. The minimum atomic E-state index is 0.00519. The molecule has 0 atom stereocenters. The summed E-state index contributed by atoms with van der Waals surface area (Å²) in [7, 11) is 0. The van der Waals surface area contributed by atoms with Crippen molar-refractivity contribution in [3.05, 3.63) is 72.1 Å². The highest BCUT2D eigenvalue weighted by atomic mass is 16.1. The Hall–Kier alpha value is -2.55. The average molecular weight is 236 g/mol. The highest BCUT2D eigenvalue weighted by molar-refractivity contribution is 6.09. The Labute approximate surface area is 104 Å². The van der Waals surface area contributed by atoms with Crippen molar-refractivity contribution in [2.45, 2.75) is 0 Å². The second-order valence-electron chi connectivity index (χ2n) is 4.21. The zero-order valence-corrected chi connectivity index (χ0v) is 9.71. The summed E-state index contributed by atoms with van der Waals surface area (Å²) in [6.45, 7) is 0. The fraction of sp³-hybridized carbons (Fsp3) is 0. The van der Waals surface area contributed by atoms with Gasteiger partial charge in [0.2, 0.25) is 0 Å². The van der Waals surface area contributed by atoms with Gasteiger partial charge in [-0.05, 0) is 48.5 Å². The summed E-state index contributed by atoms with van der Waals surface area (Å²) in [5, 5.41) is 0. The first-order chi connectivity index (χ1) is 8.74. The predicted molar refractivity (Wildman–Crippen MR) is 71.7 cm³/mol. The van der Waals surface area contributed by atoms with Gasteiger partial charge in [0.25, 0.3) is 0 Å². The Balaban J connectivity index is 2.03. The maximum Gasteiger partial charge on any atom is 0.194 e. The van der Waals surface area contributed by atoms with Crippen LogP contribution in [0.25, 0.3) is 5.52 Å². The largest absolute Gasteiger partial charge is 0.399 e. The van der Waals surface area contributed by atoms with Crippen LogP contribution in [0.2, 0.25) is 0 Å². The molecule has 0 fully saturated rings. The summed E-state index contributed by atoms with van der Waals surface area (Å²) in [6, 6.07) is 14.7. The number of fused-ring (bicyclic) bond motifs is 1. The molecule has 3 heteroatoms. The second kappa shape index (κ2) is 4.04. The van der Waals surface area contributed by atoms with E-state index in [9.17, 15) is 4.79 Å². The standard InChI is InChI=1S/C15H12N2O/c16-13-6-3-11(4-7-13)15(18)12-5-8-14-2-1-9-17(14)10-12/h1-10H,16H2. The number of carbonyl (C=O) groups excluding carboxylic acids is 1. The zero-order chi connectivity index (χ0) is 12.5. The van der Waals surface area contributed by atoms with Crippen LogP contribution >= 0.6 is 0 Å². The van der Waals surface area contributed by atoms with Gasteiger partial charge in [-0.1, -0.05) is 0 Å². The number of benzene rings is 1. The van der Waals surface area contributed by atoms with E-state index in [1.54, 1.807) is 24.3 Å². The molecular weight excluding hydrogens is 224 g/mol. The number of hydrogen-bond donors (Lipinski definition) is 1. The number of nitrogens with two attached hydrogens (primary N) is 1. The van der Waals surface area contributed by atoms with Crippen LogP contribution in [0, 0.1) is 0 Å². The Morgan fingerprint density at radius 2 is 1.67 bits per heavy atom. The molecule has 3 rings (SSSR count). The van der Waals surface area contributed by atoms with Crippen LogP contribution in [0.3, 0.4) is 0 Å². The number of ketones is 1. The van der Waals surface area contributed by atoms with Gasteiger partial charge in [-0.2, -0.15) is 0 Å². The van der Waals surface area contributed by atoms with Gasteiger partial charge in [0.1, 0.15) is 0 Å². The normalized spacial score (nSPS) is 10.7. The molecule has 0 amide bonds. The van der Waals surface area contributed by atoms with Crippen LogP contribution in [-0.4, -0.2) is 10.2 Å². The van der Waals surface area contributed by atoms with E-state index in [0.717, 1.165) is 5.52 Å². The van der Waals surface area contributed by atoms with E-state index < -0.39 is 0 Å². The first-order valence-electron chi connectivity index (χ1n) is 5.71. The highest BCUT2D eigenvalue weighted by Gasteiger charge is 2.09. The number of nitrogen functional groups attached to an aromatic ring is 1. The van der Waals surface area contributed by atoms with Crippen molar-refractivity contribution in [1.82, 2.24) is 4.40 Å². The molecule has 0 unspecified atom stereocenters. The third kappa shape index (κ3) is 1.76. The van der Waals surface area contributed by atoms with Crippen molar-refractivity contribution in [3.8, 4) is 0 Å². The molecule has 0 spiro atoms. The summed E-state index contributed by atoms with van der Waals surface area (Å²) in [6.07, 6.45) is 3.77. The van der Waals surface area contributed by atoms with E-state index in [1.807, 2.05) is 41.1 Å². The van der Waals surface area contributed by atoms with Crippen molar-refractivity contribution < 1.29 is 4.79 Å². The van der Waals surface area contributed by atoms with E-state index >= 15 is 0 Å². The van der Waals surface area contributed by atoms with Gasteiger partial charge in [-0.15, -0.1) is 0 Å². The number of carbonyl (C=O) groups is 1. The summed E-state index contributed by atoms with van der Waals surface area (Å²) in [5.74, 6) is 0.00519. The lowest BCUT2D eigenvalue weighted by Crippen LogP contribution is -2.02. The molecule has 0 bridgehead atoms. The van der Waals surface area contributed by atoms with E-state index in [2.05, 4.69) is 0 Å². The fourth-order valence-electron chi connectivity index (χ4n) is 1.97. The molecule has 0 aliphatic carbocycles. The first kappa shape index (κ1) is 10.6. The molecule has 2 heterocycles. The van der Waals surface area contributed by atoms with Crippen LogP contribution in [-0.2, 0) is 0 Å². The Bertz CT molecular complexity index is 711. The van der Waals surface area contributed by atoms with Crippen LogP contribution in [0.15, 0.2) is 60.9 Å². The molecule has 3 aromatic rings. The van der Waals surface area contributed by atoms with Crippen molar-refractivity contribution in [2.24, 2.45) is 0 Å². The molecule has 18 heavy (non-hydrogen) atoms. The zero-order valence-electron chi connectivity index (χ0n) is 9.71. The minimum absolute atomic E-state index is 0.00519. The van der Waals surface area contributed by atoms with Gasteiger partial charge >= 0.3 is 0 Å². The summed E-state index contributed by atoms with van der Waals surface area (Å²) < 4.78 is 1.94. The summed E-state index contributed by atoms with van der Waals surface area (Å²) >= 11 is 0. The molecule has 0 aliphatic rings. The van der Waals surface area contributed by atoms with Crippen molar-refractivity contribution in [2.75, 3.05) is 5.73 Å². The third-order valence-electron chi connectivity index (χ3n) is 2.96. The summed E-state index contributed by atoms with van der Waals surface area (Å²) in [5.41, 5.74) is 8.66. The Morgan fingerprint density at radius 1 is 0.944 bits per heavy atom. The van der Waals surface area contributed by atoms with Gasteiger partial charge in [-0.25, -0.2) is 0 Å². The molecule has 0 saturated heterocycles. The SMILES string of the molecule is Nc1ccc(C(=O)c2ccc3cccn3c2)cc1. The monoisotopic (exact) mass is 236 g/mol. The van der Waals surface area contributed by atoms with Gasteiger partial charge in [0.05, 0.1) is 0 Å². The second-order valence-corrected chi connectivity index (χ2v) is 4.21. The van der Waals surface area contributed by atoms with E-state index in [1.165, 1.54) is 0 Å². The van der Waals surface area contributed by atoms with Crippen LogP contribution in [0.4, 0.5) is 5.69 Å². The predicted octanol–water partition coefficient (Wildman–Crippen LogP) is 2.75. The quantitative estimate of drug-likeness (QED) is 0.549. The average Bonchev–Trinajstić information content (AvgIpc) is 2.86. The van der Waals surface area contributed by atoms with E-state index in [0.29, 0.717) is 16.8 Å². The van der Waals surface area contributed by atoms with Crippen LogP contribution in [0.5, 0.6) is 0 Å².